The minimum atomic E-state index is 0.631. The molecule has 0 aromatic rings. The second-order valence-corrected chi connectivity index (χ2v) is 1.45. The average molecular weight is 127 g/mol. The highest BCUT2D eigenvalue weighted by atomic mass is 14.5. The molecule has 0 amide bonds. The summed E-state index contributed by atoms with van der Waals surface area (Å²) in [6.07, 6.45) is 3.64. The third-order valence-corrected chi connectivity index (χ3v) is 0.724. The first-order valence-electron chi connectivity index (χ1n) is 3.29. The number of nitrogens with two attached hydrogens (primary N) is 1. The van der Waals surface area contributed by atoms with Crippen LogP contribution >= 0.6 is 0 Å². The Balaban J connectivity index is 0. The van der Waals surface area contributed by atoms with Crippen molar-refractivity contribution in [1.82, 2.24) is 0 Å². The average Bonchev–Trinajstić information content (AvgIpc) is 1.93. The van der Waals surface area contributed by atoms with E-state index in [4.69, 9.17) is 5.73 Å². The van der Waals surface area contributed by atoms with E-state index in [1.54, 1.807) is 6.08 Å². The van der Waals surface area contributed by atoms with Crippen molar-refractivity contribution in [3.8, 4) is 0 Å². The van der Waals surface area contributed by atoms with Gasteiger partial charge >= 0.3 is 0 Å². The van der Waals surface area contributed by atoms with E-state index >= 15 is 0 Å². The first kappa shape index (κ1) is 11.3. The van der Waals surface area contributed by atoms with Gasteiger partial charge in [-0.25, -0.2) is 0 Å². The second kappa shape index (κ2) is 10.4. The van der Waals surface area contributed by atoms with Crippen molar-refractivity contribution in [1.29, 1.82) is 0 Å². The van der Waals surface area contributed by atoms with Crippen molar-refractivity contribution < 1.29 is 0 Å². The van der Waals surface area contributed by atoms with Gasteiger partial charge in [0.2, 0.25) is 0 Å². The molecule has 0 aromatic carbocycles. The number of rotatable bonds is 2. The normalized spacial score (nSPS) is 9.56. The van der Waals surface area contributed by atoms with Crippen molar-refractivity contribution in [2.45, 2.75) is 20.8 Å². The van der Waals surface area contributed by atoms with Gasteiger partial charge < -0.3 is 5.73 Å². The molecule has 1 nitrogen and oxygen atoms in total. The molecular formula is C8H17N. The van der Waals surface area contributed by atoms with Crippen LogP contribution in [0.15, 0.2) is 24.3 Å². The van der Waals surface area contributed by atoms with Gasteiger partial charge in [0, 0.05) is 6.54 Å². The summed E-state index contributed by atoms with van der Waals surface area (Å²) in [5.74, 6) is 0. The van der Waals surface area contributed by atoms with Gasteiger partial charge in [0.25, 0.3) is 0 Å². The number of hydrogen-bond acceptors (Lipinski definition) is 1. The Morgan fingerprint density at radius 2 is 2.00 bits per heavy atom. The van der Waals surface area contributed by atoms with Crippen LogP contribution in [0.3, 0.4) is 0 Å². The molecule has 0 fully saturated rings. The Bertz CT molecular complexity index is 82.6. The molecule has 0 atom stereocenters. The molecule has 54 valence electrons. The van der Waals surface area contributed by atoms with E-state index in [2.05, 4.69) is 6.58 Å². The van der Waals surface area contributed by atoms with Crippen LogP contribution in [-0.4, -0.2) is 6.54 Å². The lowest BCUT2D eigenvalue weighted by atomic mass is 10.3. The van der Waals surface area contributed by atoms with Crippen LogP contribution in [0, 0.1) is 0 Å². The summed E-state index contributed by atoms with van der Waals surface area (Å²) in [6.45, 7) is 10.1. The SMILES string of the molecule is C=C/C=C(\C)CN.CC. The number of hydrogen-bond donors (Lipinski definition) is 1. The van der Waals surface area contributed by atoms with Crippen LogP contribution in [0.25, 0.3) is 0 Å². The molecule has 0 saturated heterocycles. The fraction of sp³-hybridized carbons (Fsp3) is 0.500. The van der Waals surface area contributed by atoms with Crippen LogP contribution < -0.4 is 5.73 Å². The summed E-state index contributed by atoms with van der Waals surface area (Å²) < 4.78 is 0. The van der Waals surface area contributed by atoms with E-state index in [9.17, 15) is 0 Å². The zero-order valence-corrected chi connectivity index (χ0v) is 6.65. The Labute approximate surface area is 58.3 Å². The van der Waals surface area contributed by atoms with E-state index in [0.717, 1.165) is 5.57 Å². The van der Waals surface area contributed by atoms with Gasteiger partial charge in [-0.15, -0.1) is 0 Å². The van der Waals surface area contributed by atoms with Crippen LogP contribution in [-0.2, 0) is 0 Å². The molecule has 1 heteroatoms. The van der Waals surface area contributed by atoms with Crippen molar-refractivity contribution in [2.24, 2.45) is 5.73 Å². The molecule has 0 heterocycles. The third-order valence-electron chi connectivity index (χ3n) is 0.724. The van der Waals surface area contributed by atoms with Gasteiger partial charge in [0.05, 0.1) is 0 Å². The van der Waals surface area contributed by atoms with Crippen molar-refractivity contribution >= 4 is 0 Å². The molecule has 0 aromatic heterocycles. The second-order valence-electron chi connectivity index (χ2n) is 1.45. The maximum Gasteiger partial charge on any atom is 0.0137 e. The maximum atomic E-state index is 5.24. The van der Waals surface area contributed by atoms with E-state index in [1.165, 1.54) is 0 Å². The van der Waals surface area contributed by atoms with E-state index < -0.39 is 0 Å². The Hall–Kier alpha value is -0.560. The van der Waals surface area contributed by atoms with Crippen LogP contribution in [0.4, 0.5) is 0 Å². The maximum absolute atomic E-state index is 5.24. The molecular weight excluding hydrogens is 110 g/mol. The smallest absolute Gasteiger partial charge is 0.0137 e. The summed E-state index contributed by atoms with van der Waals surface area (Å²) in [7, 11) is 0. The molecule has 0 spiro atoms. The van der Waals surface area contributed by atoms with Gasteiger partial charge in [0.1, 0.15) is 0 Å². The molecule has 0 radical (unpaired) electrons. The zero-order valence-electron chi connectivity index (χ0n) is 6.65. The molecule has 0 bridgehead atoms. The quantitative estimate of drug-likeness (QED) is 0.565. The van der Waals surface area contributed by atoms with Crippen LogP contribution in [0.1, 0.15) is 20.8 Å². The molecule has 0 aliphatic carbocycles. The molecule has 0 unspecified atom stereocenters. The molecule has 0 aliphatic heterocycles. The topological polar surface area (TPSA) is 26.0 Å². The highest BCUT2D eigenvalue weighted by Crippen LogP contribution is 1.85. The highest BCUT2D eigenvalue weighted by Gasteiger charge is 1.74. The minimum Gasteiger partial charge on any atom is -0.327 e. The van der Waals surface area contributed by atoms with E-state index in [1.807, 2.05) is 26.8 Å². The van der Waals surface area contributed by atoms with Gasteiger partial charge in [-0.2, -0.15) is 0 Å². The van der Waals surface area contributed by atoms with Crippen molar-refractivity contribution in [3.05, 3.63) is 24.3 Å². The van der Waals surface area contributed by atoms with E-state index in [0.29, 0.717) is 6.54 Å². The predicted molar refractivity (Wildman–Crippen MR) is 44.4 cm³/mol. The lowest BCUT2D eigenvalue weighted by Gasteiger charge is -1.86. The number of allylic oxidation sites excluding steroid dienone is 2. The highest BCUT2D eigenvalue weighted by molar-refractivity contribution is 5.08. The Morgan fingerprint density at radius 3 is 2.11 bits per heavy atom. The minimum absolute atomic E-state index is 0.631. The van der Waals surface area contributed by atoms with Gasteiger partial charge in [0.15, 0.2) is 0 Å². The van der Waals surface area contributed by atoms with Gasteiger partial charge in [-0.3, -0.25) is 0 Å². The first-order valence-corrected chi connectivity index (χ1v) is 3.29. The van der Waals surface area contributed by atoms with Gasteiger partial charge in [-0.1, -0.05) is 38.2 Å². The Morgan fingerprint density at radius 1 is 1.56 bits per heavy atom. The zero-order chi connectivity index (χ0) is 7.70. The molecule has 9 heavy (non-hydrogen) atoms. The molecule has 0 saturated carbocycles. The summed E-state index contributed by atoms with van der Waals surface area (Å²) in [5.41, 5.74) is 6.40. The summed E-state index contributed by atoms with van der Waals surface area (Å²) in [4.78, 5) is 0. The monoisotopic (exact) mass is 127 g/mol. The molecule has 0 rings (SSSR count). The van der Waals surface area contributed by atoms with Crippen molar-refractivity contribution in [2.75, 3.05) is 6.54 Å². The van der Waals surface area contributed by atoms with Crippen LogP contribution in [0.5, 0.6) is 0 Å². The lowest BCUT2D eigenvalue weighted by Crippen LogP contribution is -1.98. The predicted octanol–water partition coefficient (Wildman–Crippen LogP) is 2.10. The summed E-state index contributed by atoms with van der Waals surface area (Å²) in [5, 5.41) is 0. The lowest BCUT2D eigenvalue weighted by molar-refractivity contribution is 1.14. The standard InChI is InChI=1S/C6H11N.C2H6/c1-3-4-6(2)5-7;1-2/h3-4H,1,5,7H2,2H3;1-2H3/b6-4+;. The molecule has 2 N–H and O–H groups in total. The molecule has 0 aliphatic rings. The fourth-order valence-electron chi connectivity index (χ4n) is 0.269. The van der Waals surface area contributed by atoms with Crippen LogP contribution in [0.2, 0.25) is 0 Å². The Kier molecular flexibility index (Phi) is 13.1. The van der Waals surface area contributed by atoms with E-state index in [-0.39, 0.29) is 0 Å². The van der Waals surface area contributed by atoms with Crippen molar-refractivity contribution in [3.63, 3.8) is 0 Å². The van der Waals surface area contributed by atoms with Gasteiger partial charge in [-0.05, 0) is 6.92 Å². The fourth-order valence-corrected chi connectivity index (χ4v) is 0.269. The third kappa shape index (κ3) is 11.2. The summed E-state index contributed by atoms with van der Waals surface area (Å²) >= 11 is 0. The summed E-state index contributed by atoms with van der Waals surface area (Å²) in [6, 6.07) is 0. The first-order chi connectivity index (χ1) is 4.31. The largest absolute Gasteiger partial charge is 0.327 e.